The van der Waals surface area contributed by atoms with Gasteiger partial charge in [0.1, 0.15) is 0 Å². The van der Waals surface area contributed by atoms with Gasteiger partial charge in [0.15, 0.2) is 18.9 Å². The maximum atomic E-state index is 12.3. The summed E-state index contributed by atoms with van der Waals surface area (Å²) in [4.78, 5) is 25.3. The van der Waals surface area contributed by atoms with Crippen LogP contribution in [0.5, 0.6) is 0 Å². The first-order valence-electron chi connectivity index (χ1n) is 10.0. The molecule has 4 rings (SSSR count). The molecule has 3 heterocycles. The first-order chi connectivity index (χ1) is 15.0. The predicted octanol–water partition coefficient (Wildman–Crippen LogP) is -3.86. The molecule has 9 nitrogen and oxygen atoms in total. The molecular weight excluding hydrogens is 475 g/mol. The largest absolute Gasteiger partial charge is 1.00 e. The summed E-state index contributed by atoms with van der Waals surface area (Å²) < 4.78 is 34.4. The molecule has 1 N–H and O–H groups in total. The van der Waals surface area contributed by atoms with Gasteiger partial charge in [0.25, 0.3) is 0 Å². The Labute approximate surface area is 233 Å². The molecule has 0 bridgehead atoms. The van der Waals surface area contributed by atoms with E-state index in [0.717, 1.165) is 5.56 Å². The van der Waals surface area contributed by atoms with E-state index < -0.39 is 39.8 Å². The second-order valence-corrected chi connectivity index (χ2v) is 9.54. The third-order valence-electron chi connectivity index (χ3n) is 5.89. The van der Waals surface area contributed by atoms with Gasteiger partial charge in [-0.25, -0.2) is 13.0 Å². The number of aliphatic hydroxyl groups is 1. The van der Waals surface area contributed by atoms with E-state index >= 15 is 0 Å². The molecule has 33 heavy (non-hydrogen) atoms. The summed E-state index contributed by atoms with van der Waals surface area (Å²) >= 11 is 0. The standard InChI is InChI=1S/C22H22N2O7S.K/c1-13(25)19-18-10-17(20(22(27)28)24(18)21(19)26)16-4-2-14(3-5-16)11-23-8-6-15(7-9-23)12-32(29,30)31;/h2-9,13,18-19,25H,10-12H2,1H3,(H-,27,28,29,30,31);/q;+1/p-1/t13-,18-,19-;/m1./s1. The summed E-state index contributed by atoms with van der Waals surface area (Å²) in [5, 5.41) is 21.6. The topological polar surface area (TPSA) is 142 Å². The molecule has 0 aliphatic carbocycles. The van der Waals surface area contributed by atoms with Crippen molar-refractivity contribution in [2.45, 2.75) is 37.8 Å². The summed E-state index contributed by atoms with van der Waals surface area (Å²) in [6.45, 7) is 2.00. The number of carboxylic acids is 1. The average molecular weight is 497 g/mol. The van der Waals surface area contributed by atoms with Crippen LogP contribution in [-0.4, -0.2) is 47.0 Å². The van der Waals surface area contributed by atoms with Gasteiger partial charge in [-0.3, -0.25) is 4.79 Å². The fourth-order valence-corrected chi connectivity index (χ4v) is 5.03. The van der Waals surface area contributed by atoms with Gasteiger partial charge >= 0.3 is 51.4 Å². The normalized spacial score (nSPS) is 20.7. The zero-order valence-corrected chi connectivity index (χ0v) is 22.1. The average Bonchev–Trinajstić information content (AvgIpc) is 3.04. The number of carbonyl (C=O) groups excluding carboxylic acids is 2. The Bertz CT molecular complexity index is 1210. The van der Waals surface area contributed by atoms with Crippen molar-refractivity contribution in [2.24, 2.45) is 5.92 Å². The molecule has 2 aliphatic heterocycles. The summed E-state index contributed by atoms with van der Waals surface area (Å²) in [7, 11) is -4.34. The number of pyridine rings is 1. The van der Waals surface area contributed by atoms with Crippen LogP contribution in [0.15, 0.2) is 54.5 Å². The van der Waals surface area contributed by atoms with Crippen molar-refractivity contribution in [3.8, 4) is 0 Å². The van der Waals surface area contributed by atoms with Crippen molar-refractivity contribution in [3.63, 3.8) is 0 Å². The minimum Gasteiger partial charge on any atom is -0.748 e. The van der Waals surface area contributed by atoms with Crippen molar-refractivity contribution in [1.82, 2.24) is 4.90 Å². The third kappa shape index (κ3) is 5.46. The number of carboxylic acid groups (broad SMARTS) is 1. The number of benzene rings is 1. The van der Waals surface area contributed by atoms with Crippen molar-refractivity contribution in [1.29, 1.82) is 0 Å². The maximum Gasteiger partial charge on any atom is 1.00 e. The Kier molecular flexibility index (Phi) is 7.96. The van der Waals surface area contributed by atoms with E-state index in [0.29, 0.717) is 29.7 Å². The molecule has 2 aliphatic rings. The van der Waals surface area contributed by atoms with Crippen molar-refractivity contribution < 1.29 is 88.7 Å². The third-order valence-corrected chi connectivity index (χ3v) is 6.58. The first kappa shape index (κ1) is 26.2. The van der Waals surface area contributed by atoms with E-state index in [4.69, 9.17) is 0 Å². The number of nitrogens with zero attached hydrogens (tertiary/aromatic N) is 2. The summed E-state index contributed by atoms with van der Waals surface area (Å²) in [6, 6.07) is 9.99. The predicted molar refractivity (Wildman–Crippen MR) is 108 cm³/mol. The molecular formula is C22H21KN2O7S. The Morgan fingerprint density at radius 3 is 2.30 bits per heavy atom. The first-order valence-corrected chi connectivity index (χ1v) is 11.6. The zero-order chi connectivity index (χ0) is 23.2. The molecule has 0 spiro atoms. The van der Waals surface area contributed by atoms with Crippen molar-refractivity contribution in [2.75, 3.05) is 0 Å². The van der Waals surface area contributed by atoms with Crippen LogP contribution in [0.3, 0.4) is 0 Å². The number of hydrogen-bond donors (Lipinski definition) is 1. The van der Waals surface area contributed by atoms with Gasteiger partial charge < -0.3 is 24.5 Å². The van der Waals surface area contributed by atoms with Crippen LogP contribution in [0.4, 0.5) is 0 Å². The molecule has 2 aromatic rings. The van der Waals surface area contributed by atoms with Crippen LogP contribution in [0, 0.1) is 5.92 Å². The smallest absolute Gasteiger partial charge is 0.748 e. The maximum absolute atomic E-state index is 12.3. The van der Waals surface area contributed by atoms with Gasteiger partial charge in [-0.05, 0) is 30.0 Å². The minimum absolute atomic E-state index is 0. The van der Waals surface area contributed by atoms with Crippen LogP contribution >= 0.6 is 0 Å². The van der Waals surface area contributed by atoms with E-state index in [9.17, 15) is 32.8 Å². The molecule has 1 saturated heterocycles. The Morgan fingerprint density at radius 2 is 1.79 bits per heavy atom. The number of aromatic nitrogens is 1. The molecule has 0 radical (unpaired) electrons. The molecule has 0 unspecified atom stereocenters. The molecule has 1 aromatic carbocycles. The Hall–Kier alpha value is -1.44. The van der Waals surface area contributed by atoms with Crippen LogP contribution in [0.1, 0.15) is 30.0 Å². The summed E-state index contributed by atoms with van der Waals surface area (Å²) in [5.41, 5.74) is 2.36. The number of carbonyl (C=O) groups is 2. The van der Waals surface area contributed by atoms with E-state index in [-0.39, 0.29) is 63.1 Å². The molecule has 1 fully saturated rings. The van der Waals surface area contributed by atoms with E-state index in [2.05, 4.69) is 0 Å². The van der Waals surface area contributed by atoms with Crippen LogP contribution in [-0.2, 0) is 32.0 Å². The summed E-state index contributed by atoms with van der Waals surface area (Å²) in [6.07, 6.45) is 2.83. The molecule has 11 heteroatoms. The number of aliphatic carboxylic acids is 1. The monoisotopic (exact) mass is 496 g/mol. The van der Waals surface area contributed by atoms with Gasteiger partial charge in [-0.2, -0.15) is 0 Å². The number of hydrogen-bond acceptors (Lipinski definition) is 7. The molecule has 0 saturated carbocycles. The second-order valence-electron chi connectivity index (χ2n) is 8.14. The van der Waals surface area contributed by atoms with Crippen molar-refractivity contribution >= 4 is 27.6 Å². The minimum atomic E-state index is -4.34. The second kappa shape index (κ2) is 10.0. The molecule has 1 aromatic heterocycles. The fourth-order valence-electron chi connectivity index (χ4n) is 4.43. The van der Waals surface area contributed by atoms with Crippen molar-refractivity contribution in [3.05, 3.63) is 71.2 Å². The zero-order valence-electron chi connectivity index (χ0n) is 18.2. The van der Waals surface area contributed by atoms with Crippen LogP contribution in [0.25, 0.3) is 5.57 Å². The summed E-state index contributed by atoms with van der Waals surface area (Å²) in [5.74, 6) is -2.99. The number of β-lactam (4-membered cyclic amide) rings is 1. The Balaban J connectivity index is 0.00000306. The van der Waals surface area contributed by atoms with Gasteiger partial charge in [0.2, 0.25) is 5.91 Å². The number of rotatable bonds is 7. The number of amides is 1. The van der Waals surface area contributed by atoms with E-state index in [1.54, 1.807) is 36.7 Å². The van der Waals surface area contributed by atoms with E-state index in [1.165, 1.54) is 11.8 Å². The number of fused-ring (bicyclic) bond motifs is 1. The van der Waals surface area contributed by atoms with Gasteiger partial charge in [-0.15, -0.1) is 0 Å². The van der Waals surface area contributed by atoms with Gasteiger partial charge in [0.05, 0.1) is 45.6 Å². The Morgan fingerprint density at radius 1 is 1.18 bits per heavy atom. The van der Waals surface area contributed by atoms with E-state index in [1.807, 2.05) is 16.7 Å². The van der Waals surface area contributed by atoms with Gasteiger partial charge in [-0.1, -0.05) is 24.3 Å². The van der Waals surface area contributed by atoms with Gasteiger partial charge in [0, 0.05) is 17.7 Å². The SMILES string of the molecule is C[C@@H](O)[C@H]1C(=O)N2C(C(=O)[O-])=C(c3ccc(C[n+]4ccc(CS(=O)(=O)[O-])cc4)cc3)C[C@H]12.[K+]. The molecule has 3 atom stereocenters. The molecule has 168 valence electrons. The number of aliphatic hydroxyl groups excluding tert-OH is 1. The van der Waals surface area contributed by atoms with Crippen LogP contribution in [0.2, 0.25) is 0 Å². The quantitative estimate of drug-likeness (QED) is 0.179. The molecule has 1 amide bonds. The van der Waals surface area contributed by atoms with Crippen LogP contribution < -0.4 is 61.1 Å². The fraction of sp³-hybridized carbons (Fsp3) is 0.318.